The number of fused-ring (bicyclic) bond motifs is 2. The third-order valence-corrected chi connectivity index (χ3v) is 5.53. The Kier molecular flexibility index (Phi) is 3.39. The Labute approximate surface area is 126 Å². The first-order valence-corrected chi connectivity index (χ1v) is 7.84. The molecule has 3 nitrogen and oxygen atoms in total. The highest BCUT2D eigenvalue weighted by atomic mass is 16.2. The summed E-state index contributed by atoms with van der Waals surface area (Å²) in [7, 11) is 0. The number of ketones is 1. The highest BCUT2D eigenvalue weighted by Gasteiger charge is 2.64. The van der Waals surface area contributed by atoms with Crippen LogP contribution in [0.4, 0.5) is 0 Å². The molecule has 112 valence electrons. The molecule has 2 saturated carbocycles. The van der Waals surface area contributed by atoms with E-state index >= 15 is 0 Å². The molecule has 1 aromatic carbocycles. The maximum atomic E-state index is 12.6. The number of benzene rings is 1. The lowest BCUT2D eigenvalue weighted by Gasteiger charge is -2.32. The van der Waals surface area contributed by atoms with Gasteiger partial charge in [0.2, 0.25) is 5.91 Å². The Morgan fingerprint density at radius 1 is 1.29 bits per heavy atom. The summed E-state index contributed by atoms with van der Waals surface area (Å²) in [6, 6.07) is 10.1. The fourth-order valence-electron chi connectivity index (χ4n) is 4.11. The van der Waals surface area contributed by atoms with Gasteiger partial charge in [-0.05, 0) is 37.2 Å². The van der Waals surface area contributed by atoms with Crippen LogP contribution in [0.25, 0.3) is 0 Å². The monoisotopic (exact) mass is 285 g/mol. The summed E-state index contributed by atoms with van der Waals surface area (Å²) in [6.45, 7) is 4.60. The fourth-order valence-corrected chi connectivity index (χ4v) is 4.11. The highest BCUT2D eigenvalue weighted by molar-refractivity contribution is 6.10. The first-order valence-electron chi connectivity index (χ1n) is 7.84. The molecule has 1 aromatic rings. The maximum absolute atomic E-state index is 12.6. The number of amides is 1. The zero-order valence-corrected chi connectivity index (χ0v) is 12.8. The lowest BCUT2D eigenvalue weighted by molar-refractivity contribution is -0.145. The summed E-state index contributed by atoms with van der Waals surface area (Å²) in [5, 5.41) is 3.00. The second kappa shape index (κ2) is 4.97. The van der Waals surface area contributed by atoms with Crippen LogP contribution in [-0.2, 0) is 16.0 Å². The Balaban J connectivity index is 1.62. The van der Waals surface area contributed by atoms with Crippen LogP contribution in [0.3, 0.4) is 0 Å². The molecule has 2 aliphatic carbocycles. The summed E-state index contributed by atoms with van der Waals surface area (Å²) in [4.78, 5) is 25.2. The number of Topliss-reactive ketones (excluding diaryl/α,β-unsaturated/α-hetero) is 1. The molecule has 2 aliphatic rings. The van der Waals surface area contributed by atoms with Gasteiger partial charge in [-0.1, -0.05) is 44.2 Å². The van der Waals surface area contributed by atoms with Crippen LogP contribution in [0.2, 0.25) is 0 Å². The first kappa shape index (κ1) is 14.3. The first-order chi connectivity index (χ1) is 9.97. The fraction of sp³-hybridized carbons (Fsp3) is 0.556. The molecule has 0 saturated heterocycles. The predicted molar refractivity (Wildman–Crippen MR) is 81.7 cm³/mol. The summed E-state index contributed by atoms with van der Waals surface area (Å²) >= 11 is 0. The summed E-state index contributed by atoms with van der Waals surface area (Å²) in [6.07, 6.45) is 3.29. The molecule has 0 aromatic heterocycles. The van der Waals surface area contributed by atoms with E-state index in [2.05, 4.69) is 17.4 Å². The van der Waals surface area contributed by atoms with Crippen molar-refractivity contribution in [3.63, 3.8) is 0 Å². The lowest BCUT2D eigenvalue weighted by Crippen LogP contribution is -2.47. The third kappa shape index (κ3) is 2.19. The lowest BCUT2D eigenvalue weighted by atomic mass is 9.70. The zero-order valence-electron chi connectivity index (χ0n) is 12.8. The van der Waals surface area contributed by atoms with E-state index in [4.69, 9.17) is 0 Å². The van der Waals surface area contributed by atoms with Gasteiger partial charge in [-0.15, -0.1) is 0 Å². The van der Waals surface area contributed by atoms with Crippen LogP contribution in [0.5, 0.6) is 0 Å². The van der Waals surface area contributed by atoms with Crippen LogP contribution in [0.1, 0.15) is 38.7 Å². The Hall–Kier alpha value is -1.64. The van der Waals surface area contributed by atoms with Crippen LogP contribution in [0.15, 0.2) is 30.3 Å². The molecular weight excluding hydrogens is 262 g/mol. The molecule has 1 amide bonds. The van der Waals surface area contributed by atoms with Crippen molar-refractivity contribution < 1.29 is 9.59 Å². The minimum Gasteiger partial charge on any atom is -0.355 e. The minimum atomic E-state index is -0.731. The van der Waals surface area contributed by atoms with Gasteiger partial charge < -0.3 is 5.32 Å². The molecule has 2 bridgehead atoms. The molecule has 3 heteroatoms. The van der Waals surface area contributed by atoms with Crippen molar-refractivity contribution in [3.8, 4) is 0 Å². The van der Waals surface area contributed by atoms with Crippen molar-refractivity contribution in [2.75, 3.05) is 6.54 Å². The van der Waals surface area contributed by atoms with E-state index < -0.39 is 5.41 Å². The maximum Gasteiger partial charge on any atom is 0.233 e. The molecule has 0 unspecified atom stereocenters. The van der Waals surface area contributed by atoms with Gasteiger partial charge in [-0.25, -0.2) is 0 Å². The van der Waals surface area contributed by atoms with E-state index in [1.165, 1.54) is 5.56 Å². The largest absolute Gasteiger partial charge is 0.355 e. The van der Waals surface area contributed by atoms with E-state index in [1.807, 2.05) is 32.0 Å². The van der Waals surface area contributed by atoms with E-state index in [0.717, 1.165) is 25.7 Å². The second-order valence-electron chi connectivity index (χ2n) is 7.06. The predicted octanol–water partition coefficient (Wildman–Crippen LogP) is 2.74. The number of rotatable bonds is 4. The van der Waals surface area contributed by atoms with E-state index in [0.29, 0.717) is 12.5 Å². The standard InChI is InChI=1S/C18H23NO2/c1-17(2)14-8-10-18(12-14,15(17)20)16(21)19-11-9-13-6-4-3-5-7-13/h3-7,14H,8-12H2,1-2H3,(H,19,21)/t14-,18-/m0/s1. The Morgan fingerprint density at radius 3 is 2.62 bits per heavy atom. The van der Waals surface area contributed by atoms with E-state index in [-0.39, 0.29) is 17.1 Å². The SMILES string of the molecule is CC1(C)C(=O)[C@]2(C(=O)NCCc3ccccc3)CC[C@H]1C2. The van der Waals surface area contributed by atoms with Crippen molar-refractivity contribution in [3.05, 3.63) is 35.9 Å². The topological polar surface area (TPSA) is 46.2 Å². The number of nitrogens with one attached hydrogen (secondary N) is 1. The molecule has 0 radical (unpaired) electrons. The number of carbonyl (C=O) groups is 2. The number of hydrogen-bond donors (Lipinski definition) is 1. The molecule has 3 rings (SSSR count). The average Bonchev–Trinajstić information content (AvgIpc) is 3.00. The quantitative estimate of drug-likeness (QED) is 0.865. The summed E-state index contributed by atoms with van der Waals surface area (Å²) in [5.41, 5.74) is 0.151. The van der Waals surface area contributed by atoms with Crippen LogP contribution >= 0.6 is 0 Å². The second-order valence-corrected chi connectivity index (χ2v) is 7.06. The molecule has 0 aliphatic heterocycles. The van der Waals surface area contributed by atoms with Crippen molar-refractivity contribution in [1.29, 1.82) is 0 Å². The average molecular weight is 285 g/mol. The molecule has 21 heavy (non-hydrogen) atoms. The highest BCUT2D eigenvalue weighted by Crippen LogP contribution is 2.60. The Bertz CT molecular complexity index is 564. The van der Waals surface area contributed by atoms with Crippen molar-refractivity contribution in [2.24, 2.45) is 16.7 Å². The van der Waals surface area contributed by atoms with Gasteiger partial charge in [-0.3, -0.25) is 9.59 Å². The van der Waals surface area contributed by atoms with Gasteiger partial charge in [0.15, 0.2) is 5.78 Å². The van der Waals surface area contributed by atoms with Gasteiger partial charge in [0.05, 0.1) is 0 Å². The summed E-state index contributed by atoms with van der Waals surface area (Å²) < 4.78 is 0. The van der Waals surface area contributed by atoms with E-state index in [1.54, 1.807) is 0 Å². The van der Waals surface area contributed by atoms with Gasteiger partial charge in [0, 0.05) is 12.0 Å². The number of carbonyl (C=O) groups excluding carboxylic acids is 2. The normalized spacial score (nSPS) is 29.6. The Morgan fingerprint density at radius 2 is 2.00 bits per heavy atom. The van der Waals surface area contributed by atoms with Crippen LogP contribution in [-0.4, -0.2) is 18.2 Å². The molecule has 1 N–H and O–H groups in total. The van der Waals surface area contributed by atoms with Crippen LogP contribution in [0, 0.1) is 16.7 Å². The molecule has 2 atom stereocenters. The van der Waals surface area contributed by atoms with Crippen molar-refractivity contribution >= 4 is 11.7 Å². The number of hydrogen-bond acceptors (Lipinski definition) is 2. The molecular formula is C18H23NO2. The van der Waals surface area contributed by atoms with Gasteiger partial charge in [-0.2, -0.15) is 0 Å². The van der Waals surface area contributed by atoms with Crippen LogP contribution < -0.4 is 5.32 Å². The minimum absolute atomic E-state index is 0.0449. The van der Waals surface area contributed by atoms with Gasteiger partial charge >= 0.3 is 0 Å². The van der Waals surface area contributed by atoms with Crippen molar-refractivity contribution in [1.82, 2.24) is 5.32 Å². The third-order valence-electron chi connectivity index (χ3n) is 5.53. The summed E-state index contributed by atoms with van der Waals surface area (Å²) in [5.74, 6) is 0.491. The van der Waals surface area contributed by atoms with Crippen molar-refractivity contribution in [2.45, 2.75) is 39.5 Å². The smallest absolute Gasteiger partial charge is 0.233 e. The zero-order chi connectivity index (χ0) is 15.1. The molecule has 0 spiro atoms. The van der Waals surface area contributed by atoms with Gasteiger partial charge in [0.25, 0.3) is 0 Å². The molecule has 0 heterocycles. The molecule has 2 fully saturated rings. The van der Waals surface area contributed by atoms with E-state index in [9.17, 15) is 9.59 Å². The van der Waals surface area contributed by atoms with Gasteiger partial charge in [0.1, 0.15) is 5.41 Å².